The van der Waals surface area contributed by atoms with Crippen molar-refractivity contribution in [3.63, 3.8) is 0 Å². The maximum Gasteiger partial charge on any atom is 0.130 e. The summed E-state index contributed by atoms with van der Waals surface area (Å²) in [5.74, 6) is -0.343. The highest BCUT2D eigenvalue weighted by Gasteiger charge is 2.26. The van der Waals surface area contributed by atoms with Crippen LogP contribution < -0.4 is 5.32 Å². The van der Waals surface area contributed by atoms with Crippen molar-refractivity contribution in [2.75, 3.05) is 0 Å². The first-order valence-corrected chi connectivity index (χ1v) is 5.60. The molecule has 1 aliphatic rings. The minimum atomic E-state index is -0.536. The molecule has 0 amide bonds. The second-order valence-corrected chi connectivity index (χ2v) is 4.58. The van der Waals surface area contributed by atoms with E-state index in [1.807, 2.05) is 0 Å². The number of nitriles is 1. The van der Waals surface area contributed by atoms with E-state index in [-0.39, 0.29) is 5.82 Å². The molecule has 1 fully saturated rings. The van der Waals surface area contributed by atoms with Crippen LogP contribution in [0.1, 0.15) is 24.4 Å². The Morgan fingerprint density at radius 1 is 1.53 bits per heavy atom. The summed E-state index contributed by atoms with van der Waals surface area (Å²) >= 11 is 3.19. The van der Waals surface area contributed by atoms with Crippen molar-refractivity contribution in [1.29, 1.82) is 5.26 Å². The number of halogens is 2. The van der Waals surface area contributed by atoms with E-state index in [2.05, 4.69) is 27.3 Å². The maximum atomic E-state index is 13.5. The highest BCUT2D eigenvalue weighted by Crippen LogP contribution is 2.26. The molecule has 1 aliphatic carbocycles. The van der Waals surface area contributed by atoms with Crippen LogP contribution in [0.3, 0.4) is 0 Å². The van der Waals surface area contributed by atoms with Gasteiger partial charge in [0, 0.05) is 16.1 Å². The smallest absolute Gasteiger partial charge is 0.130 e. The molecule has 1 aromatic rings. The highest BCUT2D eigenvalue weighted by atomic mass is 79.9. The van der Waals surface area contributed by atoms with Crippen molar-refractivity contribution < 1.29 is 4.39 Å². The second kappa shape index (κ2) is 4.30. The SMILES string of the molecule is N#CC(NC1CC1)c1ccc(Br)cc1F. The Labute approximate surface area is 96.2 Å². The molecule has 4 heteroatoms. The third-order valence-electron chi connectivity index (χ3n) is 2.38. The number of nitrogens with zero attached hydrogens (tertiary/aromatic N) is 1. The van der Waals surface area contributed by atoms with Crippen molar-refractivity contribution in [2.24, 2.45) is 0 Å². The first-order chi connectivity index (χ1) is 7.20. The van der Waals surface area contributed by atoms with Crippen LogP contribution >= 0.6 is 15.9 Å². The van der Waals surface area contributed by atoms with Crippen LogP contribution in [0.4, 0.5) is 4.39 Å². The van der Waals surface area contributed by atoms with Gasteiger partial charge in [0.2, 0.25) is 0 Å². The van der Waals surface area contributed by atoms with Gasteiger partial charge in [-0.2, -0.15) is 5.26 Å². The molecule has 1 atom stereocenters. The molecule has 15 heavy (non-hydrogen) atoms. The largest absolute Gasteiger partial charge is 0.295 e. The lowest BCUT2D eigenvalue weighted by Gasteiger charge is -2.11. The molecular formula is C11H10BrFN2. The molecule has 1 aromatic carbocycles. The summed E-state index contributed by atoms with van der Waals surface area (Å²) in [5, 5.41) is 12.1. The normalized spacial score (nSPS) is 17.1. The average molecular weight is 269 g/mol. The third kappa shape index (κ3) is 2.55. The predicted octanol–water partition coefficient (Wildman–Crippen LogP) is 2.90. The van der Waals surface area contributed by atoms with Gasteiger partial charge in [-0.1, -0.05) is 22.0 Å². The van der Waals surface area contributed by atoms with Gasteiger partial charge in [-0.15, -0.1) is 0 Å². The molecule has 1 saturated carbocycles. The van der Waals surface area contributed by atoms with Crippen LogP contribution in [0.2, 0.25) is 0 Å². The summed E-state index contributed by atoms with van der Waals surface area (Å²) in [6.07, 6.45) is 2.16. The van der Waals surface area contributed by atoms with E-state index < -0.39 is 6.04 Å². The van der Waals surface area contributed by atoms with E-state index in [1.54, 1.807) is 12.1 Å². The summed E-state index contributed by atoms with van der Waals surface area (Å²) in [4.78, 5) is 0. The average Bonchev–Trinajstić information content (AvgIpc) is 2.99. The maximum absolute atomic E-state index is 13.5. The molecule has 1 N–H and O–H groups in total. The van der Waals surface area contributed by atoms with Crippen LogP contribution in [0, 0.1) is 17.1 Å². The number of hydrogen-bond donors (Lipinski definition) is 1. The van der Waals surface area contributed by atoms with E-state index in [9.17, 15) is 4.39 Å². The van der Waals surface area contributed by atoms with Gasteiger partial charge in [0.1, 0.15) is 11.9 Å². The zero-order valence-electron chi connectivity index (χ0n) is 8.00. The Hall–Kier alpha value is -0.920. The molecular weight excluding hydrogens is 259 g/mol. The number of nitrogens with one attached hydrogen (secondary N) is 1. The molecule has 0 spiro atoms. The van der Waals surface area contributed by atoms with Crippen LogP contribution in [0.5, 0.6) is 0 Å². The number of benzene rings is 1. The summed E-state index contributed by atoms with van der Waals surface area (Å²) < 4.78 is 14.2. The zero-order valence-corrected chi connectivity index (χ0v) is 9.59. The Bertz CT molecular complexity index is 410. The van der Waals surface area contributed by atoms with Gasteiger partial charge in [0.15, 0.2) is 0 Å². The minimum absolute atomic E-state index is 0.343. The lowest BCUT2D eigenvalue weighted by atomic mass is 10.1. The van der Waals surface area contributed by atoms with Gasteiger partial charge in [0.25, 0.3) is 0 Å². The minimum Gasteiger partial charge on any atom is -0.295 e. The third-order valence-corrected chi connectivity index (χ3v) is 2.88. The van der Waals surface area contributed by atoms with Crippen LogP contribution in [0.15, 0.2) is 22.7 Å². The molecule has 78 valence electrons. The van der Waals surface area contributed by atoms with Crippen molar-refractivity contribution >= 4 is 15.9 Å². The van der Waals surface area contributed by atoms with Gasteiger partial charge in [-0.25, -0.2) is 4.39 Å². The van der Waals surface area contributed by atoms with Gasteiger partial charge in [-0.3, -0.25) is 5.32 Å². The summed E-state index contributed by atoms with van der Waals surface area (Å²) in [7, 11) is 0. The van der Waals surface area contributed by atoms with Crippen molar-refractivity contribution in [3.05, 3.63) is 34.1 Å². The molecule has 0 aliphatic heterocycles. The van der Waals surface area contributed by atoms with E-state index >= 15 is 0 Å². The lowest BCUT2D eigenvalue weighted by molar-refractivity contribution is 0.559. The standard InChI is InChI=1S/C11H10BrFN2/c12-7-1-4-9(10(13)5-7)11(6-14)15-8-2-3-8/h1,4-5,8,11,15H,2-3H2. The first-order valence-electron chi connectivity index (χ1n) is 4.81. The summed E-state index contributed by atoms with van der Waals surface area (Å²) in [6, 6.07) is 6.71. The molecule has 2 rings (SSSR count). The number of rotatable bonds is 3. The van der Waals surface area contributed by atoms with Crippen molar-refractivity contribution in [1.82, 2.24) is 5.32 Å². The first kappa shape index (κ1) is 10.6. The Balaban J connectivity index is 2.21. The van der Waals surface area contributed by atoms with Gasteiger partial charge >= 0.3 is 0 Å². The molecule has 0 heterocycles. The van der Waals surface area contributed by atoms with Crippen LogP contribution in [-0.2, 0) is 0 Å². The Morgan fingerprint density at radius 2 is 2.27 bits per heavy atom. The van der Waals surface area contributed by atoms with E-state index in [4.69, 9.17) is 5.26 Å². The van der Waals surface area contributed by atoms with E-state index in [0.717, 1.165) is 12.8 Å². The Kier molecular flexibility index (Phi) is 3.03. The fourth-order valence-corrected chi connectivity index (χ4v) is 1.75. The summed E-state index contributed by atoms with van der Waals surface area (Å²) in [6.45, 7) is 0. The molecule has 0 aromatic heterocycles. The van der Waals surface area contributed by atoms with Crippen molar-refractivity contribution in [3.8, 4) is 6.07 Å². The molecule has 0 bridgehead atoms. The topological polar surface area (TPSA) is 35.8 Å². The fourth-order valence-electron chi connectivity index (χ4n) is 1.42. The Morgan fingerprint density at radius 3 is 2.80 bits per heavy atom. The van der Waals surface area contributed by atoms with Crippen LogP contribution in [0.25, 0.3) is 0 Å². The van der Waals surface area contributed by atoms with Crippen LogP contribution in [-0.4, -0.2) is 6.04 Å². The molecule has 0 saturated heterocycles. The predicted molar refractivity (Wildman–Crippen MR) is 58.6 cm³/mol. The second-order valence-electron chi connectivity index (χ2n) is 3.67. The molecule has 2 nitrogen and oxygen atoms in total. The van der Waals surface area contributed by atoms with Gasteiger partial charge in [-0.05, 0) is 25.0 Å². The zero-order chi connectivity index (χ0) is 10.8. The van der Waals surface area contributed by atoms with E-state index in [0.29, 0.717) is 16.1 Å². The van der Waals surface area contributed by atoms with Crippen molar-refractivity contribution in [2.45, 2.75) is 24.9 Å². The fraction of sp³-hybridized carbons (Fsp3) is 0.364. The summed E-state index contributed by atoms with van der Waals surface area (Å²) in [5.41, 5.74) is 0.424. The van der Waals surface area contributed by atoms with Gasteiger partial charge in [0.05, 0.1) is 6.07 Å². The monoisotopic (exact) mass is 268 g/mol. The quantitative estimate of drug-likeness (QED) is 0.915. The van der Waals surface area contributed by atoms with Gasteiger partial charge < -0.3 is 0 Å². The van der Waals surface area contributed by atoms with E-state index in [1.165, 1.54) is 6.07 Å². The lowest BCUT2D eigenvalue weighted by Crippen LogP contribution is -2.22. The number of hydrogen-bond acceptors (Lipinski definition) is 2. The highest BCUT2D eigenvalue weighted by molar-refractivity contribution is 9.10. The molecule has 1 unspecified atom stereocenters. The molecule has 0 radical (unpaired) electrons.